The molecule has 0 radical (unpaired) electrons. The quantitative estimate of drug-likeness (QED) is 0.773. The van der Waals surface area contributed by atoms with Crippen LogP contribution in [0, 0.1) is 0 Å². The molecule has 1 N–H and O–H groups in total. The van der Waals surface area contributed by atoms with Gasteiger partial charge in [0.25, 0.3) is 0 Å². The number of rotatable bonds is 2. The van der Waals surface area contributed by atoms with E-state index in [1.807, 2.05) is 0 Å². The van der Waals surface area contributed by atoms with E-state index in [0.717, 1.165) is 0 Å². The van der Waals surface area contributed by atoms with Crippen molar-refractivity contribution in [2.45, 2.75) is 0 Å². The second-order valence-electron chi connectivity index (χ2n) is 3.01. The molecule has 0 saturated carbocycles. The third kappa shape index (κ3) is 1.69. The van der Waals surface area contributed by atoms with E-state index in [2.05, 4.69) is 15.5 Å². The van der Waals surface area contributed by atoms with Crippen molar-refractivity contribution in [3.05, 3.63) is 29.8 Å². The van der Waals surface area contributed by atoms with Gasteiger partial charge in [0.05, 0.1) is 5.56 Å². The third-order valence-electron chi connectivity index (χ3n) is 1.99. The van der Waals surface area contributed by atoms with Gasteiger partial charge in [-0.3, -0.25) is 0 Å². The Labute approximate surface area is 85.2 Å². The van der Waals surface area contributed by atoms with Crippen molar-refractivity contribution in [2.24, 2.45) is 7.05 Å². The molecule has 2 aromatic rings. The minimum absolute atomic E-state index is 0.218. The van der Waals surface area contributed by atoms with Crippen LogP contribution in [0.5, 0.6) is 0 Å². The highest BCUT2D eigenvalue weighted by molar-refractivity contribution is 5.89. The molecule has 1 heterocycles. The van der Waals surface area contributed by atoms with Crippen LogP contribution in [-0.2, 0) is 7.05 Å². The summed E-state index contributed by atoms with van der Waals surface area (Å²) < 4.78 is 1.49. The average Bonchev–Trinajstić information content (AvgIpc) is 2.64. The molecule has 0 spiro atoms. The summed E-state index contributed by atoms with van der Waals surface area (Å²) in [5.41, 5.74) is 0.901. The van der Waals surface area contributed by atoms with Gasteiger partial charge in [0.1, 0.15) is 0 Å². The molecule has 0 amide bonds. The Morgan fingerprint density at radius 3 is 2.87 bits per heavy atom. The molecule has 0 saturated heterocycles. The van der Waals surface area contributed by atoms with E-state index in [9.17, 15) is 4.79 Å². The minimum Gasteiger partial charge on any atom is -0.478 e. The first kappa shape index (κ1) is 9.32. The zero-order valence-electron chi connectivity index (χ0n) is 7.95. The van der Waals surface area contributed by atoms with E-state index in [-0.39, 0.29) is 5.56 Å². The van der Waals surface area contributed by atoms with Crippen LogP contribution in [0.3, 0.4) is 0 Å². The van der Waals surface area contributed by atoms with Gasteiger partial charge in [-0.15, -0.1) is 5.10 Å². The molecule has 0 atom stereocenters. The van der Waals surface area contributed by atoms with E-state index in [1.54, 1.807) is 19.2 Å². The summed E-state index contributed by atoms with van der Waals surface area (Å²) in [7, 11) is 1.70. The van der Waals surface area contributed by atoms with Crippen LogP contribution in [0.1, 0.15) is 10.4 Å². The molecule has 2 rings (SSSR count). The number of carboxylic acid groups (broad SMARTS) is 1. The van der Waals surface area contributed by atoms with Crippen LogP contribution in [0.2, 0.25) is 0 Å². The smallest absolute Gasteiger partial charge is 0.335 e. The van der Waals surface area contributed by atoms with Gasteiger partial charge in [0, 0.05) is 12.6 Å². The molecule has 0 aliphatic rings. The minimum atomic E-state index is -0.966. The normalized spacial score (nSPS) is 10.2. The zero-order valence-corrected chi connectivity index (χ0v) is 7.95. The lowest BCUT2D eigenvalue weighted by atomic mass is 10.1. The van der Waals surface area contributed by atoms with Crippen LogP contribution in [0.15, 0.2) is 24.3 Å². The predicted molar refractivity (Wildman–Crippen MR) is 51.2 cm³/mol. The molecule has 15 heavy (non-hydrogen) atoms. The average molecular weight is 204 g/mol. The lowest BCUT2D eigenvalue weighted by molar-refractivity contribution is 0.0697. The largest absolute Gasteiger partial charge is 0.478 e. The summed E-state index contributed by atoms with van der Waals surface area (Å²) in [4.78, 5) is 10.7. The summed E-state index contributed by atoms with van der Waals surface area (Å²) in [6, 6.07) is 6.48. The predicted octanol–water partition coefficient (Wildman–Crippen LogP) is 0.575. The monoisotopic (exact) mass is 204 g/mol. The highest BCUT2D eigenvalue weighted by Crippen LogP contribution is 2.16. The fraction of sp³-hybridized carbons (Fsp3) is 0.111. The van der Waals surface area contributed by atoms with Gasteiger partial charge in [-0.05, 0) is 22.6 Å². The van der Waals surface area contributed by atoms with Crippen LogP contribution in [0.4, 0.5) is 0 Å². The second-order valence-corrected chi connectivity index (χ2v) is 3.01. The Hall–Kier alpha value is -2.24. The molecule has 0 bridgehead atoms. The molecule has 0 aliphatic heterocycles. The van der Waals surface area contributed by atoms with Crippen LogP contribution >= 0.6 is 0 Å². The first-order chi connectivity index (χ1) is 7.18. The van der Waals surface area contributed by atoms with Gasteiger partial charge in [-0.1, -0.05) is 12.1 Å². The third-order valence-corrected chi connectivity index (χ3v) is 1.99. The number of aromatic carboxylic acids is 1. The first-order valence-corrected chi connectivity index (χ1v) is 4.24. The zero-order chi connectivity index (χ0) is 10.8. The van der Waals surface area contributed by atoms with E-state index in [4.69, 9.17) is 5.11 Å². The lowest BCUT2D eigenvalue weighted by Crippen LogP contribution is -1.98. The summed E-state index contributed by atoms with van der Waals surface area (Å²) in [6.45, 7) is 0. The van der Waals surface area contributed by atoms with Crippen molar-refractivity contribution in [1.29, 1.82) is 0 Å². The van der Waals surface area contributed by atoms with Crippen molar-refractivity contribution in [2.75, 3.05) is 0 Å². The molecular weight excluding hydrogens is 196 g/mol. The molecule has 0 fully saturated rings. The van der Waals surface area contributed by atoms with Gasteiger partial charge < -0.3 is 5.11 Å². The van der Waals surface area contributed by atoms with Crippen molar-refractivity contribution in [1.82, 2.24) is 20.2 Å². The Bertz CT molecular complexity index is 506. The molecule has 1 aromatic carbocycles. The van der Waals surface area contributed by atoms with Gasteiger partial charge in [-0.25, -0.2) is 9.48 Å². The summed E-state index contributed by atoms with van der Waals surface area (Å²) >= 11 is 0. The Balaban J connectivity index is 2.50. The van der Waals surface area contributed by atoms with Crippen molar-refractivity contribution in [3.63, 3.8) is 0 Å². The molecule has 0 aliphatic carbocycles. The molecule has 0 unspecified atom stereocenters. The Morgan fingerprint density at radius 1 is 1.47 bits per heavy atom. The second kappa shape index (κ2) is 3.49. The number of benzene rings is 1. The Morgan fingerprint density at radius 2 is 2.27 bits per heavy atom. The van der Waals surface area contributed by atoms with Crippen molar-refractivity contribution < 1.29 is 9.90 Å². The molecule has 6 heteroatoms. The molecule has 76 valence electrons. The number of hydrogen-bond acceptors (Lipinski definition) is 4. The topological polar surface area (TPSA) is 80.9 Å². The van der Waals surface area contributed by atoms with Crippen molar-refractivity contribution in [3.8, 4) is 11.4 Å². The van der Waals surface area contributed by atoms with Gasteiger partial charge in [-0.2, -0.15) is 0 Å². The van der Waals surface area contributed by atoms with E-state index >= 15 is 0 Å². The molecule has 6 nitrogen and oxygen atoms in total. The number of hydrogen-bond donors (Lipinski definition) is 1. The number of nitrogens with zero attached hydrogens (tertiary/aromatic N) is 4. The standard InChI is InChI=1S/C9H8N4O2/c1-13-8(10-11-12-13)6-3-2-4-7(5-6)9(14)15/h2-5H,1H3,(H,14,15). The highest BCUT2D eigenvalue weighted by atomic mass is 16.4. The fourth-order valence-corrected chi connectivity index (χ4v) is 1.27. The fourth-order valence-electron chi connectivity index (χ4n) is 1.27. The lowest BCUT2D eigenvalue weighted by Gasteiger charge is -1.99. The number of tetrazole rings is 1. The summed E-state index contributed by atoms with van der Waals surface area (Å²) in [6.07, 6.45) is 0. The summed E-state index contributed by atoms with van der Waals surface area (Å²) in [5.74, 6) is -0.426. The molecular formula is C9H8N4O2. The van der Waals surface area contributed by atoms with Crippen LogP contribution in [0.25, 0.3) is 11.4 Å². The van der Waals surface area contributed by atoms with Gasteiger partial charge in [0.15, 0.2) is 5.82 Å². The summed E-state index contributed by atoms with van der Waals surface area (Å²) in [5, 5.41) is 19.8. The first-order valence-electron chi connectivity index (χ1n) is 4.24. The van der Waals surface area contributed by atoms with E-state index in [0.29, 0.717) is 11.4 Å². The van der Waals surface area contributed by atoms with Crippen molar-refractivity contribution >= 4 is 5.97 Å². The maximum absolute atomic E-state index is 10.7. The number of carboxylic acids is 1. The highest BCUT2D eigenvalue weighted by Gasteiger charge is 2.08. The SMILES string of the molecule is Cn1nnnc1-c1cccc(C(=O)O)c1. The Kier molecular flexibility index (Phi) is 2.17. The van der Waals surface area contributed by atoms with E-state index < -0.39 is 5.97 Å². The van der Waals surface area contributed by atoms with Gasteiger partial charge in [0.2, 0.25) is 0 Å². The number of aromatic nitrogens is 4. The maximum Gasteiger partial charge on any atom is 0.335 e. The van der Waals surface area contributed by atoms with Crippen LogP contribution < -0.4 is 0 Å². The maximum atomic E-state index is 10.7. The van der Waals surface area contributed by atoms with E-state index in [1.165, 1.54) is 16.8 Å². The van der Waals surface area contributed by atoms with Crippen LogP contribution in [-0.4, -0.2) is 31.3 Å². The number of carbonyl (C=O) groups is 1. The number of aryl methyl sites for hydroxylation is 1. The van der Waals surface area contributed by atoms with Gasteiger partial charge >= 0.3 is 5.97 Å². The molecule has 1 aromatic heterocycles.